The second-order valence-electron chi connectivity index (χ2n) is 4.35. The van der Waals surface area contributed by atoms with Gasteiger partial charge in [-0.05, 0) is 49.6 Å². The molecule has 3 heteroatoms. The molecule has 1 rings (SSSR count). The Balaban J connectivity index is 2.78. The minimum Gasteiger partial charge on any atom is -0.385 e. The molecule has 0 heterocycles. The van der Waals surface area contributed by atoms with Crippen molar-refractivity contribution < 1.29 is 9.13 Å². The molecule has 0 aliphatic rings. The van der Waals surface area contributed by atoms with Crippen molar-refractivity contribution in [2.75, 3.05) is 20.3 Å². The van der Waals surface area contributed by atoms with Crippen molar-refractivity contribution in [3.05, 3.63) is 35.1 Å². The Labute approximate surface area is 103 Å². The number of aryl methyl sites for hydroxylation is 1. The van der Waals surface area contributed by atoms with Crippen LogP contribution in [0.3, 0.4) is 0 Å². The predicted octanol–water partition coefficient (Wildman–Crippen LogP) is 3.21. The number of hydrogen-bond donors (Lipinski definition) is 1. The summed E-state index contributed by atoms with van der Waals surface area (Å²) in [6, 6.07) is 5.36. The molecule has 0 aromatic heterocycles. The number of methoxy groups -OCH3 is 1. The first-order chi connectivity index (χ1) is 8.17. The minimum absolute atomic E-state index is 0.166. The molecule has 2 nitrogen and oxygen atoms in total. The van der Waals surface area contributed by atoms with Gasteiger partial charge in [0.15, 0.2) is 0 Å². The number of nitrogens with one attached hydrogen (secondary N) is 1. The molecular formula is C14H22FNO. The highest BCUT2D eigenvalue weighted by Gasteiger charge is 2.11. The van der Waals surface area contributed by atoms with Crippen molar-refractivity contribution in [2.24, 2.45) is 0 Å². The molecule has 96 valence electrons. The Kier molecular flexibility index (Phi) is 6.16. The summed E-state index contributed by atoms with van der Waals surface area (Å²) in [7, 11) is 1.69. The minimum atomic E-state index is -0.166. The van der Waals surface area contributed by atoms with E-state index >= 15 is 0 Å². The van der Waals surface area contributed by atoms with Gasteiger partial charge in [-0.15, -0.1) is 0 Å². The third-order valence-electron chi connectivity index (χ3n) is 2.72. The molecule has 0 spiro atoms. The molecule has 1 unspecified atom stereocenters. The first-order valence-corrected chi connectivity index (χ1v) is 6.16. The van der Waals surface area contributed by atoms with Crippen LogP contribution in [0.1, 0.15) is 36.9 Å². The molecule has 1 aromatic carbocycles. The van der Waals surface area contributed by atoms with Gasteiger partial charge in [0.05, 0.1) is 0 Å². The van der Waals surface area contributed by atoms with E-state index in [-0.39, 0.29) is 11.9 Å². The molecule has 1 atom stereocenters. The summed E-state index contributed by atoms with van der Waals surface area (Å²) in [5.41, 5.74) is 1.97. The van der Waals surface area contributed by atoms with E-state index in [1.54, 1.807) is 19.2 Å². The van der Waals surface area contributed by atoms with E-state index in [1.165, 1.54) is 0 Å². The Morgan fingerprint density at radius 2 is 2.12 bits per heavy atom. The lowest BCUT2D eigenvalue weighted by atomic mass is 10.0. The zero-order valence-electron chi connectivity index (χ0n) is 10.9. The summed E-state index contributed by atoms with van der Waals surface area (Å²) in [5, 5.41) is 3.43. The van der Waals surface area contributed by atoms with Gasteiger partial charge in [0, 0.05) is 19.8 Å². The van der Waals surface area contributed by atoms with E-state index in [1.807, 2.05) is 13.0 Å². The topological polar surface area (TPSA) is 21.3 Å². The van der Waals surface area contributed by atoms with Gasteiger partial charge in [-0.25, -0.2) is 4.39 Å². The Morgan fingerprint density at radius 1 is 1.35 bits per heavy atom. The lowest BCUT2D eigenvalue weighted by Gasteiger charge is -2.19. The van der Waals surface area contributed by atoms with E-state index < -0.39 is 0 Å². The van der Waals surface area contributed by atoms with E-state index in [4.69, 9.17) is 4.74 Å². The largest absolute Gasteiger partial charge is 0.385 e. The second kappa shape index (κ2) is 7.41. The summed E-state index contributed by atoms with van der Waals surface area (Å²) in [5.74, 6) is -0.166. The molecule has 0 fully saturated rings. The Morgan fingerprint density at radius 3 is 2.71 bits per heavy atom. The fourth-order valence-corrected chi connectivity index (χ4v) is 1.91. The summed E-state index contributed by atoms with van der Waals surface area (Å²) < 4.78 is 18.5. The van der Waals surface area contributed by atoms with Gasteiger partial charge < -0.3 is 10.1 Å². The molecule has 0 saturated heterocycles. The molecular weight excluding hydrogens is 217 g/mol. The Hall–Kier alpha value is -0.930. The first kappa shape index (κ1) is 14.1. The normalized spacial score (nSPS) is 12.7. The van der Waals surface area contributed by atoms with Crippen LogP contribution in [-0.4, -0.2) is 20.3 Å². The highest BCUT2D eigenvalue weighted by Crippen LogP contribution is 2.19. The second-order valence-corrected chi connectivity index (χ2v) is 4.35. The summed E-state index contributed by atoms with van der Waals surface area (Å²) in [4.78, 5) is 0. The van der Waals surface area contributed by atoms with Crippen molar-refractivity contribution in [2.45, 2.75) is 32.7 Å². The van der Waals surface area contributed by atoms with Crippen molar-refractivity contribution in [1.29, 1.82) is 0 Å². The van der Waals surface area contributed by atoms with Crippen molar-refractivity contribution in [3.63, 3.8) is 0 Å². The van der Waals surface area contributed by atoms with E-state index in [9.17, 15) is 4.39 Å². The van der Waals surface area contributed by atoms with Gasteiger partial charge in [0.1, 0.15) is 5.82 Å². The molecule has 0 amide bonds. The quantitative estimate of drug-likeness (QED) is 0.789. The van der Waals surface area contributed by atoms with Crippen LogP contribution in [0.15, 0.2) is 18.2 Å². The first-order valence-electron chi connectivity index (χ1n) is 6.16. The van der Waals surface area contributed by atoms with Gasteiger partial charge in [-0.1, -0.05) is 13.0 Å². The van der Waals surface area contributed by atoms with Gasteiger partial charge in [0.25, 0.3) is 0 Å². The molecule has 17 heavy (non-hydrogen) atoms. The highest BCUT2D eigenvalue weighted by atomic mass is 19.1. The maximum atomic E-state index is 13.4. The zero-order chi connectivity index (χ0) is 12.7. The monoisotopic (exact) mass is 239 g/mol. The van der Waals surface area contributed by atoms with E-state index in [2.05, 4.69) is 12.2 Å². The summed E-state index contributed by atoms with van der Waals surface area (Å²) >= 11 is 0. The van der Waals surface area contributed by atoms with Crippen molar-refractivity contribution >= 4 is 0 Å². The van der Waals surface area contributed by atoms with Gasteiger partial charge in [-0.3, -0.25) is 0 Å². The maximum absolute atomic E-state index is 13.4. The number of benzene rings is 1. The summed E-state index contributed by atoms with van der Waals surface area (Å²) in [6.45, 7) is 5.65. The van der Waals surface area contributed by atoms with Crippen LogP contribution in [0.4, 0.5) is 4.39 Å². The number of hydrogen-bond acceptors (Lipinski definition) is 2. The third-order valence-corrected chi connectivity index (χ3v) is 2.72. The maximum Gasteiger partial charge on any atom is 0.123 e. The zero-order valence-corrected chi connectivity index (χ0v) is 10.9. The van der Waals surface area contributed by atoms with Crippen LogP contribution in [0, 0.1) is 12.7 Å². The predicted molar refractivity (Wildman–Crippen MR) is 68.7 cm³/mol. The molecule has 0 radical (unpaired) electrons. The Bertz CT molecular complexity index is 313. The molecule has 0 aliphatic carbocycles. The van der Waals surface area contributed by atoms with Crippen LogP contribution in [0.25, 0.3) is 0 Å². The van der Waals surface area contributed by atoms with Gasteiger partial charge in [-0.2, -0.15) is 0 Å². The third kappa shape index (κ3) is 4.84. The molecule has 0 bridgehead atoms. The van der Waals surface area contributed by atoms with Crippen LogP contribution in [-0.2, 0) is 4.74 Å². The van der Waals surface area contributed by atoms with Crippen LogP contribution in [0.5, 0.6) is 0 Å². The number of ether oxygens (including phenoxy) is 1. The lowest BCUT2D eigenvalue weighted by molar-refractivity contribution is 0.183. The number of rotatable bonds is 7. The smallest absolute Gasteiger partial charge is 0.123 e. The van der Waals surface area contributed by atoms with Gasteiger partial charge >= 0.3 is 0 Å². The summed E-state index contributed by atoms with van der Waals surface area (Å²) in [6.07, 6.45) is 1.93. The SMILES string of the molecule is CCCNC(CCOC)c1cc(C)cc(F)c1. The van der Waals surface area contributed by atoms with Crippen LogP contribution >= 0.6 is 0 Å². The fourth-order valence-electron chi connectivity index (χ4n) is 1.91. The fraction of sp³-hybridized carbons (Fsp3) is 0.571. The van der Waals surface area contributed by atoms with E-state index in [0.717, 1.165) is 30.5 Å². The van der Waals surface area contributed by atoms with Crippen LogP contribution < -0.4 is 5.32 Å². The highest BCUT2D eigenvalue weighted by molar-refractivity contribution is 5.26. The number of halogens is 1. The van der Waals surface area contributed by atoms with Gasteiger partial charge in [0.2, 0.25) is 0 Å². The average Bonchev–Trinajstić information content (AvgIpc) is 2.28. The molecule has 0 aliphatic heterocycles. The standard InChI is InChI=1S/C14H22FNO/c1-4-6-16-14(5-7-17-3)12-8-11(2)9-13(15)10-12/h8-10,14,16H,4-7H2,1-3H3. The molecule has 1 N–H and O–H groups in total. The average molecular weight is 239 g/mol. The lowest BCUT2D eigenvalue weighted by Crippen LogP contribution is -2.23. The van der Waals surface area contributed by atoms with E-state index in [0.29, 0.717) is 6.61 Å². The molecule has 1 aromatic rings. The van der Waals surface area contributed by atoms with Crippen molar-refractivity contribution in [1.82, 2.24) is 5.32 Å². The van der Waals surface area contributed by atoms with Crippen LogP contribution in [0.2, 0.25) is 0 Å². The molecule has 0 saturated carbocycles. The van der Waals surface area contributed by atoms with Crippen molar-refractivity contribution in [3.8, 4) is 0 Å².